The van der Waals surface area contributed by atoms with Gasteiger partial charge in [0.25, 0.3) is 10.0 Å². The number of hydrogen-bond acceptors (Lipinski definition) is 5. The van der Waals surface area contributed by atoms with Crippen LogP contribution in [0.5, 0.6) is 0 Å². The number of hydrogen-bond donors (Lipinski definition) is 0. The molecule has 2 aromatic heterocycles. The summed E-state index contributed by atoms with van der Waals surface area (Å²) in [7, 11) is -3.55. The van der Waals surface area contributed by atoms with E-state index in [2.05, 4.69) is 25.9 Å². The van der Waals surface area contributed by atoms with Gasteiger partial charge in [-0.3, -0.25) is 9.48 Å². The van der Waals surface area contributed by atoms with Crippen LogP contribution in [0, 0.1) is 19.8 Å². The average molecular weight is 473 g/mol. The number of halogens is 1. The Hall–Kier alpha value is -1.42. The lowest BCUT2D eigenvalue weighted by Crippen LogP contribution is -2.50. The van der Waals surface area contributed by atoms with Gasteiger partial charge < -0.3 is 4.90 Å². The Morgan fingerprint density at radius 3 is 2.43 bits per heavy atom. The Labute approximate surface area is 187 Å². The van der Waals surface area contributed by atoms with E-state index >= 15 is 0 Å². The van der Waals surface area contributed by atoms with Crippen molar-refractivity contribution < 1.29 is 13.2 Å². The SMILES string of the molecule is Cc1nn(CC(C)C)c(C)c1CCC(=O)N1CCN(S(=O)(=O)c2ccc(Cl)s2)CC1. The molecular weight excluding hydrogens is 444 g/mol. The van der Waals surface area contributed by atoms with Gasteiger partial charge in [-0.15, -0.1) is 11.3 Å². The van der Waals surface area contributed by atoms with Gasteiger partial charge in [-0.2, -0.15) is 9.40 Å². The van der Waals surface area contributed by atoms with Crippen LogP contribution in [0.1, 0.15) is 37.2 Å². The van der Waals surface area contributed by atoms with E-state index in [-0.39, 0.29) is 10.1 Å². The molecule has 3 heterocycles. The van der Waals surface area contributed by atoms with E-state index in [0.717, 1.165) is 34.8 Å². The average Bonchev–Trinajstić information content (AvgIpc) is 3.24. The van der Waals surface area contributed by atoms with Crippen molar-refractivity contribution in [3.05, 3.63) is 33.4 Å². The fourth-order valence-electron chi connectivity index (χ4n) is 3.75. The quantitative estimate of drug-likeness (QED) is 0.619. The van der Waals surface area contributed by atoms with Crippen LogP contribution >= 0.6 is 22.9 Å². The number of amides is 1. The smallest absolute Gasteiger partial charge is 0.252 e. The summed E-state index contributed by atoms with van der Waals surface area (Å²) in [6, 6.07) is 3.12. The highest BCUT2D eigenvalue weighted by molar-refractivity contribution is 7.91. The summed E-state index contributed by atoms with van der Waals surface area (Å²) in [4.78, 5) is 14.5. The van der Waals surface area contributed by atoms with Gasteiger partial charge >= 0.3 is 0 Å². The molecule has 0 N–H and O–H groups in total. The van der Waals surface area contributed by atoms with Crippen molar-refractivity contribution in [2.24, 2.45) is 5.92 Å². The lowest BCUT2D eigenvalue weighted by atomic mass is 10.1. The van der Waals surface area contributed by atoms with Crippen LogP contribution in [0.15, 0.2) is 16.3 Å². The van der Waals surface area contributed by atoms with Crippen molar-refractivity contribution in [1.82, 2.24) is 19.0 Å². The van der Waals surface area contributed by atoms with Crippen molar-refractivity contribution in [2.75, 3.05) is 26.2 Å². The van der Waals surface area contributed by atoms with Crippen molar-refractivity contribution in [3.63, 3.8) is 0 Å². The summed E-state index contributed by atoms with van der Waals surface area (Å²) in [5.41, 5.74) is 3.24. The normalized spacial score (nSPS) is 15.9. The Morgan fingerprint density at radius 1 is 1.20 bits per heavy atom. The van der Waals surface area contributed by atoms with Gasteiger partial charge in [-0.25, -0.2) is 8.42 Å². The predicted molar refractivity (Wildman–Crippen MR) is 120 cm³/mol. The topological polar surface area (TPSA) is 75.5 Å². The summed E-state index contributed by atoms with van der Waals surface area (Å²) < 4.78 is 29.6. The molecule has 0 aromatic carbocycles. The Morgan fingerprint density at radius 2 is 1.87 bits per heavy atom. The van der Waals surface area contributed by atoms with Gasteiger partial charge in [0.15, 0.2) is 0 Å². The number of nitrogens with zero attached hydrogens (tertiary/aromatic N) is 4. The molecule has 0 bridgehead atoms. The fourth-order valence-corrected chi connectivity index (χ4v) is 6.81. The zero-order valence-corrected chi connectivity index (χ0v) is 20.3. The van der Waals surface area contributed by atoms with Crippen molar-refractivity contribution in [1.29, 1.82) is 0 Å². The van der Waals surface area contributed by atoms with Crippen LogP contribution < -0.4 is 0 Å². The third-order valence-electron chi connectivity index (χ3n) is 5.39. The van der Waals surface area contributed by atoms with Crippen LogP contribution in [0.4, 0.5) is 0 Å². The van der Waals surface area contributed by atoms with E-state index in [1.807, 2.05) is 11.6 Å². The number of carbonyl (C=O) groups excluding carboxylic acids is 1. The van der Waals surface area contributed by atoms with Crippen LogP contribution in [0.2, 0.25) is 4.34 Å². The van der Waals surface area contributed by atoms with Gasteiger partial charge in [0, 0.05) is 44.8 Å². The molecule has 0 spiro atoms. The van der Waals surface area contributed by atoms with Gasteiger partial charge in [0.1, 0.15) is 4.21 Å². The number of sulfonamides is 1. The molecule has 1 fully saturated rings. The zero-order valence-electron chi connectivity index (χ0n) is 17.9. The molecule has 7 nitrogen and oxygen atoms in total. The highest BCUT2D eigenvalue weighted by atomic mass is 35.5. The lowest BCUT2D eigenvalue weighted by Gasteiger charge is -2.33. The minimum absolute atomic E-state index is 0.0571. The molecule has 0 aliphatic carbocycles. The fraction of sp³-hybridized carbons (Fsp3) is 0.600. The van der Waals surface area contributed by atoms with Crippen LogP contribution in [-0.4, -0.2) is 59.5 Å². The second kappa shape index (κ2) is 9.38. The summed E-state index contributed by atoms with van der Waals surface area (Å²) in [6.45, 7) is 10.6. The second-order valence-corrected chi connectivity index (χ2v) is 11.9. The van der Waals surface area contributed by atoms with E-state index in [4.69, 9.17) is 11.6 Å². The summed E-state index contributed by atoms with van der Waals surface area (Å²) >= 11 is 6.94. The van der Waals surface area contributed by atoms with Crippen molar-refractivity contribution >= 4 is 38.9 Å². The molecule has 30 heavy (non-hydrogen) atoms. The van der Waals surface area contributed by atoms with Gasteiger partial charge in [0.05, 0.1) is 10.0 Å². The van der Waals surface area contributed by atoms with Crippen molar-refractivity contribution in [3.8, 4) is 0 Å². The van der Waals surface area contributed by atoms with E-state index in [0.29, 0.717) is 49.3 Å². The van der Waals surface area contributed by atoms with Crippen molar-refractivity contribution in [2.45, 2.75) is 51.3 Å². The molecule has 0 radical (unpaired) electrons. The van der Waals surface area contributed by atoms with Gasteiger partial charge in [-0.1, -0.05) is 25.4 Å². The molecule has 10 heteroatoms. The molecule has 166 valence electrons. The largest absolute Gasteiger partial charge is 0.340 e. The first-order valence-electron chi connectivity index (χ1n) is 10.2. The van der Waals surface area contributed by atoms with Gasteiger partial charge in [-0.05, 0) is 43.9 Å². The maximum atomic E-state index is 12.7. The number of piperazine rings is 1. The Kier molecular flexibility index (Phi) is 7.27. The van der Waals surface area contributed by atoms with E-state index < -0.39 is 10.0 Å². The maximum Gasteiger partial charge on any atom is 0.252 e. The summed E-state index contributed by atoms with van der Waals surface area (Å²) in [5, 5.41) is 4.62. The molecular formula is C20H29ClN4O3S2. The van der Waals surface area contributed by atoms with E-state index in [9.17, 15) is 13.2 Å². The third kappa shape index (κ3) is 5.07. The minimum Gasteiger partial charge on any atom is -0.340 e. The Balaban J connectivity index is 1.56. The maximum absolute atomic E-state index is 12.7. The number of aryl methyl sites for hydroxylation is 1. The van der Waals surface area contributed by atoms with Crippen LogP contribution in [-0.2, 0) is 27.8 Å². The molecule has 3 rings (SSSR count). The molecule has 1 aliphatic rings. The standard InChI is InChI=1S/C20H29ClN4O3S2/c1-14(2)13-25-16(4)17(15(3)22-25)5-7-19(26)23-9-11-24(12-10-23)30(27,28)20-8-6-18(21)29-20/h6,8,14H,5,7,9-13H2,1-4H3. The first-order valence-corrected chi connectivity index (χ1v) is 12.8. The number of thiophene rings is 1. The summed E-state index contributed by atoms with van der Waals surface area (Å²) in [6.07, 6.45) is 1.06. The Bertz CT molecular complexity index is 1010. The number of aromatic nitrogens is 2. The molecule has 0 saturated carbocycles. The number of carbonyl (C=O) groups is 1. The number of rotatable bonds is 7. The van der Waals surface area contributed by atoms with Crippen LogP contribution in [0.25, 0.3) is 0 Å². The molecule has 2 aromatic rings. The monoisotopic (exact) mass is 472 g/mol. The first-order chi connectivity index (χ1) is 14.1. The summed E-state index contributed by atoms with van der Waals surface area (Å²) in [5.74, 6) is 0.567. The predicted octanol–water partition coefficient (Wildman–Crippen LogP) is 3.34. The lowest BCUT2D eigenvalue weighted by molar-refractivity contribution is -0.132. The molecule has 1 saturated heterocycles. The molecule has 1 aliphatic heterocycles. The molecule has 1 amide bonds. The highest BCUT2D eigenvalue weighted by Crippen LogP contribution is 2.28. The minimum atomic E-state index is -3.55. The van der Waals surface area contributed by atoms with Gasteiger partial charge in [0.2, 0.25) is 5.91 Å². The van der Waals surface area contributed by atoms with E-state index in [1.54, 1.807) is 11.0 Å². The van der Waals surface area contributed by atoms with Crippen LogP contribution in [0.3, 0.4) is 0 Å². The second-order valence-electron chi connectivity index (χ2n) is 8.07. The first kappa shape index (κ1) is 23.2. The molecule has 0 atom stereocenters. The molecule has 0 unspecified atom stereocenters. The van der Waals surface area contributed by atoms with E-state index in [1.165, 1.54) is 10.4 Å². The zero-order chi connectivity index (χ0) is 22.1. The highest BCUT2D eigenvalue weighted by Gasteiger charge is 2.31. The third-order valence-corrected chi connectivity index (χ3v) is 8.99.